The Morgan fingerprint density at radius 3 is 1.72 bits per heavy atom. The van der Waals surface area contributed by atoms with E-state index in [0.29, 0.717) is 20.1 Å². The Morgan fingerprint density at radius 1 is 0.667 bits per heavy atom. The molecule has 0 N–H and O–H groups in total. The second-order valence-corrected chi connectivity index (χ2v) is 12.5. The number of likely N-dealkylation sites (N-methyl/N-ethyl adjacent to an activating group) is 1. The van der Waals surface area contributed by atoms with Gasteiger partial charge in [0.05, 0.1) is 10.0 Å². The predicted octanol–water partition coefficient (Wildman–Crippen LogP) is 10.5. The van der Waals surface area contributed by atoms with Gasteiger partial charge in [0, 0.05) is 42.1 Å². The molecule has 0 heterocycles. The third kappa shape index (κ3) is 7.39. The Balaban J connectivity index is 1.78. The van der Waals surface area contributed by atoms with Gasteiger partial charge in [-0.05, 0) is 80.2 Å². The smallest absolute Gasteiger partial charge is 0.0563 e. The lowest BCUT2D eigenvalue weighted by molar-refractivity contribution is 0.369. The van der Waals surface area contributed by atoms with Gasteiger partial charge in [-0.3, -0.25) is 0 Å². The summed E-state index contributed by atoms with van der Waals surface area (Å²) in [4.78, 5) is 6.47. The minimum absolute atomic E-state index is 0.104. The number of benzene rings is 4. The lowest BCUT2D eigenvalue weighted by atomic mass is 9.91. The highest BCUT2D eigenvalue weighted by Gasteiger charge is 2.23. The van der Waals surface area contributed by atoms with Crippen LogP contribution in [0, 0.1) is 0 Å². The molecule has 1 unspecified atom stereocenters. The van der Waals surface area contributed by atoms with Crippen LogP contribution in [0.1, 0.15) is 17.0 Å². The maximum absolute atomic E-state index is 6.79. The third-order valence-electron chi connectivity index (χ3n) is 5.54. The average Bonchev–Trinajstić information content (AvgIpc) is 2.83. The SMILES string of the molecule is CN(C)CC(Cc1cc(Cl)cc(Cl)c1Sc1ccccc1)c1cc(Cl)cc(Cl)c1Sc1ccccc1. The molecule has 0 fully saturated rings. The highest BCUT2D eigenvalue weighted by atomic mass is 35.5. The Morgan fingerprint density at radius 2 is 1.17 bits per heavy atom. The van der Waals surface area contributed by atoms with Crippen LogP contribution in [0.2, 0.25) is 20.1 Å². The molecule has 0 spiro atoms. The van der Waals surface area contributed by atoms with Gasteiger partial charge in [-0.25, -0.2) is 0 Å². The molecule has 4 aromatic carbocycles. The maximum atomic E-state index is 6.79. The lowest BCUT2D eigenvalue weighted by Gasteiger charge is -2.26. The van der Waals surface area contributed by atoms with Crippen molar-refractivity contribution in [3.05, 3.63) is 116 Å². The van der Waals surface area contributed by atoms with Gasteiger partial charge in [0.25, 0.3) is 0 Å². The normalized spacial score (nSPS) is 12.2. The Hall–Kier alpha value is -1.30. The third-order valence-corrected chi connectivity index (χ3v) is 9.16. The van der Waals surface area contributed by atoms with Gasteiger partial charge in [0.15, 0.2) is 0 Å². The monoisotopic (exact) mass is 591 g/mol. The molecule has 1 atom stereocenters. The zero-order valence-corrected chi connectivity index (χ0v) is 24.5. The molecule has 0 aromatic heterocycles. The summed E-state index contributed by atoms with van der Waals surface area (Å²) in [7, 11) is 4.15. The zero-order chi connectivity index (χ0) is 25.7. The van der Waals surface area contributed by atoms with Crippen LogP contribution in [0.4, 0.5) is 0 Å². The van der Waals surface area contributed by atoms with E-state index in [1.807, 2.05) is 60.7 Å². The Kier molecular flexibility index (Phi) is 9.99. The Labute approximate surface area is 242 Å². The first-order valence-electron chi connectivity index (χ1n) is 11.4. The van der Waals surface area contributed by atoms with Gasteiger partial charge < -0.3 is 4.90 Å². The number of hydrogen-bond donors (Lipinski definition) is 0. The fraction of sp³-hybridized carbons (Fsp3) is 0.172. The van der Waals surface area contributed by atoms with Crippen molar-refractivity contribution < 1.29 is 0 Å². The highest BCUT2D eigenvalue weighted by molar-refractivity contribution is 7.99. The first-order chi connectivity index (χ1) is 17.3. The number of nitrogens with zero attached hydrogens (tertiary/aromatic N) is 1. The molecule has 0 bridgehead atoms. The summed E-state index contributed by atoms with van der Waals surface area (Å²) in [5, 5.41) is 2.55. The lowest BCUT2D eigenvalue weighted by Crippen LogP contribution is -2.22. The molecule has 4 rings (SSSR count). The van der Waals surface area contributed by atoms with E-state index in [1.54, 1.807) is 23.5 Å². The molecule has 0 aliphatic rings. The van der Waals surface area contributed by atoms with E-state index in [0.717, 1.165) is 43.7 Å². The van der Waals surface area contributed by atoms with Gasteiger partial charge in [0.2, 0.25) is 0 Å². The van der Waals surface area contributed by atoms with Gasteiger partial charge in [-0.2, -0.15) is 0 Å². The summed E-state index contributed by atoms with van der Waals surface area (Å²) >= 11 is 29.9. The molecule has 0 radical (unpaired) electrons. The van der Waals surface area contributed by atoms with Gasteiger partial charge in [-0.15, -0.1) is 0 Å². The molecule has 186 valence electrons. The van der Waals surface area contributed by atoms with E-state index < -0.39 is 0 Å². The van der Waals surface area contributed by atoms with Crippen molar-refractivity contribution in [3.8, 4) is 0 Å². The van der Waals surface area contributed by atoms with Crippen LogP contribution in [0.25, 0.3) is 0 Å². The fourth-order valence-electron chi connectivity index (χ4n) is 4.06. The van der Waals surface area contributed by atoms with Crippen LogP contribution >= 0.6 is 69.9 Å². The molecule has 1 nitrogen and oxygen atoms in total. The van der Waals surface area contributed by atoms with Crippen LogP contribution in [0.3, 0.4) is 0 Å². The first-order valence-corrected chi connectivity index (χ1v) is 14.5. The van der Waals surface area contributed by atoms with Crippen LogP contribution < -0.4 is 0 Å². The van der Waals surface area contributed by atoms with Crippen molar-refractivity contribution in [2.45, 2.75) is 31.9 Å². The first kappa shape index (κ1) is 27.7. The van der Waals surface area contributed by atoms with Gasteiger partial charge in [-0.1, -0.05) is 106 Å². The van der Waals surface area contributed by atoms with E-state index in [-0.39, 0.29) is 5.92 Å². The van der Waals surface area contributed by atoms with E-state index >= 15 is 0 Å². The molecule has 7 heteroatoms. The fourth-order valence-corrected chi connectivity index (χ4v) is 7.33. The van der Waals surface area contributed by atoms with Crippen LogP contribution in [-0.4, -0.2) is 25.5 Å². The second-order valence-electron chi connectivity index (χ2n) is 8.68. The summed E-state index contributed by atoms with van der Waals surface area (Å²) in [6, 6.07) is 28.2. The van der Waals surface area contributed by atoms with Crippen molar-refractivity contribution in [1.82, 2.24) is 4.90 Å². The number of rotatable bonds is 9. The summed E-state index contributed by atoms with van der Waals surface area (Å²) < 4.78 is 0. The molecular weight excluding hydrogens is 568 g/mol. The molecule has 0 saturated heterocycles. The van der Waals surface area contributed by atoms with Crippen LogP contribution in [0.15, 0.2) is 105 Å². The number of hydrogen-bond acceptors (Lipinski definition) is 3. The molecule has 0 saturated carbocycles. The summed E-state index contributed by atoms with van der Waals surface area (Å²) in [5.41, 5.74) is 2.21. The standard InChI is InChI=1S/C29H25Cl4NS2/c1-34(2)18-20(25-15-22(31)17-27(33)29(25)36-24-11-7-4-8-12-24)13-19-14-21(30)16-26(32)28(19)35-23-9-5-3-6-10-23/h3-12,14-17,20H,13,18H2,1-2H3. The van der Waals surface area contributed by atoms with Crippen LogP contribution in [0.5, 0.6) is 0 Å². The largest absolute Gasteiger partial charge is 0.309 e. The van der Waals surface area contributed by atoms with E-state index in [9.17, 15) is 0 Å². The summed E-state index contributed by atoms with van der Waals surface area (Å²) in [6.07, 6.45) is 0.729. The number of halogens is 4. The minimum atomic E-state index is 0.104. The van der Waals surface area contributed by atoms with E-state index in [2.05, 4.69) is 43.3 Å². The predicted molar refractivity (Wildman–Crippen MR) is 159 cm³/mol. The topological polar surface area (TPSA) is 3.24 Å². The highest BCUT2D eigenvalue weighted by Crippen LogP contribution is 2.44. The molecule has 36 heavy (non-hydrogen) atoms. The maximum Gasteiger partial charge on any atom is 0.0563 e. The molecule has 4 aromatic rings. The molecular formula is C29H25Cl4NS2. The summed E-state index contributed by atoms with van der Waals surface area (Å²) in [6.45, 7) is 0.804. The average molecular weight is 593 g/mol. The van der Waals surface area contributed by atoms with E-state index in [4.69, 9.17) is 46.4 Å². The van der Waals surface area contributed by atoms with Crippen molar-refractivity contribution in [2.75, 3.05) is 20.6 Å². The van der Waals surface area contributed by atoms with Gasteiger partial charge in [0.1, 0.15) is 0 Å². The molecule has 0 aliphatic carbocycles. The molecule has 0 aliphatic heterocycles. The second kappa shape index (κ2) is 13.0. The van der Waals surface area contributed by atoms with Crippen molar-refractivity contribution in [2.24, 2.45) is 0 Å². The van der Waals surface area contributed by atoms with Crippen molar-refractivity contribution >= 4 is 69.9 Å². The molecule has 0 amide bonds. The van der Waals surface area contributed by atoms with Crippen LogP contribution in [-0.2, 0) is 6.42 Å². The minimum Gasteiger partial charge on any atom is -0.309 e. The van der Waals surface area contributed by atoms with Crippen molar-refractivity contribution in [3.63, 3.8) is 0 Å². The van der Waals surface area contributed by atoms with Crippen molar-refractivity contribution in [1.29, 1.82) is 0 Å². The van der Waals surface area contributed by atoms with E-state index in [1.165, 1.54) is 0 Å². The van der Waals surface area contributed by atoms with Gasteiger partial charge >= 0.3 is 0 Å². The summed E-state index contributed by atoms with van der Waals surface area (Å²) in [5.74, 6) is 0.104. The zero-order valence-electron chi connectivity index (χ0n) is 19.9. The quantitative estimate of drug-likeness (QED) is 0.190. The Bertz CT molecular complexity index is 1310.